The van der Waals surface area contributed by atoms with E-state index in [-0.39, 0.29) is 0 Å². The highest BCUT2D eigenvalue weighted by Gasteiger charge is 2.50. The Morgan fingerprint density at radius 2 is 1.65 bits per heavy atom. The van der Waals surface area contributed by atoms with Crippen LogP contribution in [0.15, 0.2) is 0 Å². The predicted octanol–water partition coefficient (Wildman–Crippen LogP) is 3.69. The molecule has 0 aromatic carbocycles. The third-order valence-corrected chi connectivity index (χ3v) is 6.46. The van der Waals surface area contributed by atoms with Gasteiger partial charge in [0.15, 0.2) is 0 Å². The fraction of sp³-hybridized carbons (Fsp3) is 0.824. The summed E-state index contributed by atoms with van der Waals surface area (Å²) in [6.45, 7) is 5.19. The zero-order valence-corrected chi connectivity index (χ0v) is 12.9. The van der Waals surface area contributed by atoms with Crippen molar-refractivity contribution in [3.8, 4) is 0 Å². The van der Waals surface area contributed by atoms with E-state index in [0.717, 1.165) is 41.4 Å². The van der Waals surface area contributed by atoms with Crippen LogP contribution in [0.5, 0.6) is 0 Å². The van der Waals surface area contributed by atoms with E-state index in [1.165, 1.54) is 44.9 Å². The van der Waals surface area contributed by atoms with Crippen LogP contribution in [0, 0.1) is 37.0 Å². The summed E-state index contributed by atoms with van der Waals surface area (Å²) in [6, 6.07) is 0. The molecular formula is C17H27N3. The van der Waals surface area contributed by atoms with Gasteiger partial charge < -0.3 is 5.73 Å². The molecule has 0 aliphatic heterocycles. The van der Waals surface area contributed by atoms with E-state index in [1.54, 1.807) is 0 Å². The van der Waals surface area contributed by atoms with E-state index in [2.05, 4.69) is 16.7 Å². The summed E-state index contributed by atoms with van der Waals surface area (Å²) >= 11 is 0. The Morgan fingerprint density at radius 1 is 1.10 bits per heavy atom. The van der Waals surface area contributed by atoms with Crippen molar-refractivity contribution < 1.29 is 0 Å². The Kier molecular flexibility index (Phi) is 2.71. The Morgan fingerprint density at radius 3 is 2.10 bits per heavy atom. The molecular weight excluding hydrogens is 246 g/mol. The minimum absolute atomic E-state index is 0.649. The minimum atomic E-state index is 0.649. The molecule has 1 aromatic rings. The summed E-state index contributed by atoms with van der Waals surface area (Å²) in [4.78, 5) is 0. The van der Waals surface area contributed by atoms with Crippen LogP contribution in [0.2, 0.25) is 0 Å². The summed E-state index contributed by atoms with van der Waals surface area (Å²) in [5, 5.41) is 4.62. The summed E-state index contributed by atoms with van der Waals surface area (Å²) < 4.78 is 2.16. The Balaban J connectivity index is 1.50. The van der Waals surface area contributed by atoms with Gasteiger partial charge in [-0.15, -0.1) is 0 Å². The lowest BCUT2D eigenvalue weighted by molar-refractivity contribution is -0.0596. The van der Waals surface area contributed by atoms with Crippen molar-refractivity contribution in [2.75, 3.05) is 5.73 Å². The molecule has 0 saturated heterocycles. The van der Waals surface area contributed by atoms with Gasteiger partial charge in [-0.05, 0) is 82.0 Å². The second-order valence-corrected chi connectivity index (χ2v) is 7.98. The number of anilines is 1. The second kappa shape index (κ2) is 4.25. The molecule has 5 rings (SSSR count). The molecule has 4 bridgehead atoms. The van der Waals surface area contributed by atoms with E-state index < -0.39 is 0 Å². The average Bonchev–Trinajstić information content (AvgIpc) is 2.62. The van der Waals surface area contributed by atoms with Gasteiger partial charge in [-0.25, -0.2) is 0 Å². The minimum Gasteiger partial charge on any atom is -0.396 e. The SMILES string of the molecule is Cc1nn(CCC23CC4CC(CC(C4)C2)C3)c(C)c1N. The number of aromatic nitrogens is 2. The van der Waals surface area contributed by atoms with Gasteiger partial charge in [0.25, 0.3) is 0 Å². The maximum absolute atomic E-state index is 6.06. The lowest BCUT2D eigenvalue weighted by Crippen LogP contribution is -2.46. The third-order valence-electron chi connectivity index (χ3n) is 6.46. The molecule has 110 valence electrons. The first-order valence-corrected chi connectivity index (χ1v) is 8.34. The number of hydrogen-bond acceptors (Lipinski definition) is 2. The molecule has 0 unspecified atom stereocenters. The van der Waals surface area contributed by atoms with Crippen LogP contribution in [0.25, 0.3) is 0 Å². The van der Waals surface area contributed by atoms with Crippen molar-refractivity contribution in [2.24, 2.45) is 23.2 Å². The van der Waals surface area contributed by atoms with E-state index in [0.29, 0.717) is 5.41 Å². The number of nitrogens with two attached hydrogens (primary N) is 1. The zero-order chi connectivity index (χ0) is 13.9. The van der Waals surface area contributed by atoms with Crippen LogP contribution in [-0.2, 0) is 6.54 Å². The second-order valence-electron chi connectivity index (χ2n) is 7.98. The van der Waals surface area contributed by atoms with Crippen molar-refractivity contribution in [1.82, 2.24) is 9.78 Å². The average molecular weight is 273 g/mol. The van der Waals surface area contributed by atoms with Gasteiger partial charge in [0.1, 0.15) is 0 Å². The van der Waals surface area contributed by atoms with Gasteiger partial charge in [-0.3, -0.25) is 4.68 Å². The quantitative estimate of drug-likeness (QED) is 0.912. The van der Waals surface area contributed by atoms with Crippen molar-refractivity contribution in [1.29, 1.82) is 0 Å². The first-order valence-electron chi connectivity index (χ1n) is 8.34. The van der Waals surface area contributed by atoms with Crippen molar-refractivity contribution >= 4 is 5.69 Å². The van der Waals surface area contributed by atoms with Crippen LogP contribution < -0.4 is 5.73 Å². The van der Waals surface area contributed by atoms with E-state index in [1.807, 2.05) is 6.92 Å². The monoisotopic (exact) mass is 273 g/mol. The molecule has 0 amide bonds. The number of aryl methyl sites for hydroxylation is 2. The molecule has 4 saturated carbocycles. The molecule has 0 spiro atoms. The van der Waals surface area contributed by atoms with Gasteiger partial charge in [0, 0.05) is 6.54 Å². The molecule has 20 heavy (non-hydrogen) atoms. The number of hydrogen-bond donors (Lipinski definition) is 1. The number of rotatable bonds is 3. The molecule has 0 radical (unpaired) electrons. The maximum atomic E-state index is 6.06. The molecule has 0 atom stereocenters. The third kappa shape index (κ3) is 1.89. The number of nitrogens with zero attached hydrogens (tertiary/aromatic N) is 2. The van der Waals surface area contributed by atoms with Crippen molar-refractivity contribution in [3.05, 3.63) is 11.4 Å². The van der Waals surface area contributed by atoms with Crippen LogP contribution in [0.1, 0.15) is 56.3 Å². The van der Waals surface area contributed by atoms with Crippen LogP contribution >= 0.6 is 0 Å². The first kappa shape index (κ1) is 12.7. The highest BCUT2D eigenvalue weighted by atomic mass is 15.3. The molecule has 3 nitrogen and oxygen atoms in total. The lowest BCUT2D eigenvalue weighted by Gasteiger charge is -2.57. The molecule has 1 aromatic heterocycles. The topological polar surface area (TPSA) is 43.8 Å². The largest absolute Gasteiger partial charge is 0.396 e. The molecule has 4 fully saturated rings. The van der Waals surface area contributed by atoms with Gasteiger partial charge in [-0.1, -0.05) is 0 Å². The standard InChI is InChI=1S/C17H27N3/c1-11-16(18)12(2)20(19-11)4-3-17-8-13-5-14(9-17)7-15(6-13)10-17/h13-15H,3-10,18H2,1-2H3. The summed E-state index contributed by atoms with van der Waals surface area (Å²) in [5.74, 6) is 3.14. The van der Waals surface area contributed by atoms with Gasteiger partial charge in [0.2, 0.25) is 0 Å². The zero-order valence-electron chi connectivity index (χ0n) is 12.9. The van der Waals surface area contributed by atoms with Gasteiger partial charge >= 0.3 is 0 Å². The fourth-order valence-corrected chi connectivity index (χ4v) is 5.87. The van der Waals surface area contributed by atoms with Gasteiger partial charge in [0.05, 0.1) is 17.1 Å². The van der Waals surface area contributed by atoms with Gasteiger partial charge in [-0.2, -0.15) is 5.10 Å². The molecule has 4 aliphatic rings. The van der Waals surface area contributed by atoms with E-state index in [4.69, 9.17) is 5.73 Å². The fourth-order valence-electron chi connectivity index (χ4n) is 5.87. The highest BCUT2D eigenvalue weighted by Crippen LogP contribution is 2.61. The normalized spacial score (nSPS) is 38.6. The number of nitrogen functional groups attached to an aromatic ring is 1. The first-order chi connectivity index (χ1) is 9.55. The van der Waals surface area contributed by atoms with E-state index in [9.17, 15) is 0 Å². The molecule has 4 aliphatic carbocycles. The van der Waals surface area contributed by atoms with Crippen molar-refractivity contribution in [2.45, 2.75) is 65.3 Å². The Bertz CT molecular complexity index is 493. The van der Waals surface area contributed by atoms with Crippen LogP contribution in [-0.4, -0.2) is 9.78 Å². The smallest absolute Gasteiger partial charge is 0.0825 e. The Labute approximate surface area is 121 Å². The van der Waals surface area contributed by atoms with Crippen molar-refractivity contribution in [3.63, 3.8) is 0 Å². The Hall–Kier alpha value is -0.990. The molecule has 1 heterocycles. The van der Waals surface area contributed by atoms with E-state index >= 15 is 0 Å². The van der Waals surface area contributed by atoms with Crippen LogP contribution in [0.4, 0.5) is 5.69 Å². The molecule has 2 N–H and O–H groups in total. The summed E-state index contributed by atoms with van der Waals surface area (Å²) in [6.07, 6.45) is 10.4. The summed E-state index contributed by atoms with van der Waals surface area (Å²) in [5.41, 5.74) is 9.74. The summed E-state index contributed by atoms with van der Waals surface area (Å²) in [7, 11) is 0. The molecule has 3 heteroatoms. The maximum Gasteiger partial charge on any atom is 0.0825 e. The predicted molar refractivity (Wildman–Crippen MR) is 81.3 cm³/mol. The lowest BCUT2D eigenvalue weighted by atomic mass is 9.49. The van der Waals surface area contributed by atoms with Crippen LogP contribution in [0.3, 0.4) is 0 Å². The highest BCUT2D eigenvalue weighted by molar-refractivity contribution is 5.46.